The van der Waals surface area contributed by atoms with Gasteiger partial charge in [0.05, 0.1) is 15.7 Å². The molecule has 0 bridgehead atoms. The van der Waals surface area contributed by atoms with Gasteiger partial charge < -0.3 is 10.2 Å². The molecule has 3 heterocycles. The van der Waals surface area contributed by atoms with Crippen molar-refractivity contribution in [3.63, 3.8) is 0 Å². The van der Waals surface area contributed by atoms with Crippen molar-refractivity contribution in [3.8, 4) is 0 Å². The molecule has 0 aliphatic carbocycles. The molecule has 1 fully saturated rings. The van der Waals surface area contributed by atoms with Crippen molar-refractivity contribution in [2.24, 2.45) is 0 Å². The van der Waals surface area contributed by atoms with Crippen LogP contribution in [0.15, 0.2) is 36.2 Å². The minimum absolute atomic E-state index is 0.0712. The van der Waals surface area contributed by atoms with E-state index in [0.717, 1.165) is 50.3 Å². The van der Waals surface area contributed by atoms with E-state index in [-0.39, 0.29) is 17.7 Å². The number of benzene rings is 1. The third-order valence-corrected chi connectivity index (χ3v) is 7.69. The highest BCUT2D eigenvalue weighted by molar-refractivity contribution is 7.13. The van der Waals surface area contributed by atoms with E-state index in [1.54, 1.807) is 0 Å². The number of hydrogen-bond acceptors (Lipinski definition) is 6. The molecule has 2 amide bonds. The molecule has 166 valence electrons. The number of amides is 2. The fourth-order valence-corrected chi connectivity index (χ4v) is 5.79. The molecule has 6 nitrogen and oxygen atoms in total. The summed E-state index contributed by atoms with van der Waals surface area (Å²) >= 11 is 2.98. The number of allylic oxidation sites excluding steroid dienone is 1. The number of carbonyl (C=O) groups excluding carboxylic acids is 2. The molecule has 1 aromatic carbocycles. The number of nitrogens with one attached hydrogen (secondary N) is 1. The molecule has 0 radical (unpaired) electrons. The lowest BCUT2D eigenvalue weighted by Crippen LogP contribution is -2.37. The summed E-state index contributed by atoms with van der Waals surface area (Å²) in [5.74, 6) is 0.115. The summed E-state index contributed by atoms with van der Waals surface area (Å²) in [6.07, 6.45) is 1.69. The Kier molecular flexibility index (Phi) is 6.53. The second kappa shape index (κ2) is 9.34. The summed E-state index contributed by atoms with van der Waals surface area (Å²) in [6.45, 7) is 11.1. The van der Waals surface area contributed by atoms with Crippen molar-refractivity contribution in [2.75, 3.05) is 18.4 Å². The molecule has 8 heteroatoms. The van der Waals surface area contributed by atoms with Crippen LogP contribution in [0.1, 0.15) is 67.1 Å². The van der Waals surface area contributed by atoms with E-state index in [0.29, 0.717) is 18.8 Å². The molecule has 3 aromatic rings. The predicted octanol–water partition coefficient (Wildman–Crippen LogP) is 5.52. The minimum atomic E-state index is -0.218. The number of likely N-dealkylation sites (tertiary alicyclic amines) is 1. The summed E-state index contributed by atoms with van der Waals surface area (Å²) in [4.78, 5) is 37.3. The molecule has 1 aliphatic rings. The Bertz CT molecular complexity index is 1170. The zero-order valence-electron chi connectivity index (χ0n) is 18.5. The topological polar surface area (TPSA) is 75.2 Å². The molecule has 1 aliphatic heterocycles. The Balaban J connectivity index is 1.38. The van der Waals surface area contributed by atoms with E-state index < -0.39 is 0 Å². The van der Waals surface area contributed by atoms with E-state index in [2.05, 4.69) is 21.9 Å². The van der Waals surface area contributed by atoms with Crippen LogP contribution in [-0.2, 0) is 0 Å². The van der Waals surface area contributed by atoms with E-state index in [1.165, 1.54) is 22.7 Å². The number of thiazole rings is 2. The van der Waals surface area contributed by atoms with Gasteiger partial charge in [0, 0.05) is 35.6 Å². The first kappa shape index (κ1) is 22.4. The number of anilines is 1. The zero-order chi connectivity index (χ0) is 22.8. The maximum atomic E-state index is 12.8. The number of aryl methyl sites for hydroxylation is 2. The van der Waals surface area contributed by atoms with Crippen LogP contribution in [0.5, 0.6) is 0 Å². The Labute approximate surface area is 196 Å². The summed E-state index contributed by atoms with van der Waals surface area (Å²) < 4.78 is 0. The largest absolute Gasteiger partial charge is 0.338 e. The van der Waals surface area contributed by atoms with Gasteiger partial charge in [0.1, 0.15) is 10.6 Å². The molecular formula is C24H26N4O2S2. The summed E-state index contributed by atoms with van der Waals surface area (Å²) in [5, 5.41) is 6.65. The van der Waals surface area contributed by atoms with Crippen molar-refractivity contribution >= 4 is 45.7 Å². The molecule has 0 unspecified atom stereocenters. The molecule has 4 rings (SSSR count). The van der Waals surface area contributed by atoms with Gasteiger partial charge in [-0.05, 0) is 45.3 Å². The van der Waals surface area contributed by atoms with Gasteiger partial charge in [0.25, 0.3) is 11.8 Å². The quantitative estimate of drug-likeness (QED) is 0.537. The number of piperidine rings is 1. The van der Waals surface area contributed by atoms with Crippen LogP contribution in [0.4, 0.5) is 5.69 Å². The lowest BCUT2D eigenvalue weighted by molar-refractivity contribution is 0.0717. The number of para-hydroxylation sites is 1. The maximum Gasteiger partial charge on any atom is 0.275 e. The van der Waals surface area contributed by atoms with Crippen molar-refractivity contribution < 1.29 is 9.59 Å². The van der Waals surface area contributed by atoms with Crippen LogP contribution in [-0.4, -0.2) is 39.8 Å². The molecule has 2 aromatic heterocycles. The van der Waals surface area contributed by atoms with Crippen LogP contribution in [0.25, 0.3) is 5.57 Å². The lowest BCUT2D eigenvalue weighted by Gasteiger charge is -2.30. The zero-order valence-corrected chi connectivity index (χ0v) is 20.1. The minimum Gasteiger partial charge on any atom is -0.338 e. The SMILES string of the molecule is C=C(C)c1ccccc1NC(=O)c1csc(C2CCN(C(=O)c3sc(C)nc3C)CC2)n1. The molecule has 1 saturated heterocycles. The van der Waals surface area contributed by atoms with Crippen LogP contribution >= 0.6 is 22.7 Å². The molecule has 0 spiro atoms. The van der Waals surface area contributed by atoms with Crippen LogP contribution in [0.3, 0.4) is 0 Å². The normalized spacial score (nSPS) is 14.4. The summed E-state index contributed by atoms with van der Waals surface area (Å²) in [6, 6.07) is 7.62. The van der Waals surface area contributed by atoms with E-state index in [9.17, 15) is 9.59 Å². The third kappa shape index (κ3) is 4.66. The van der Waals surface area contributed by atoms with Gasteiger partial charge >= 0.3 is 0 Å². The van der Waals surface area contributed by atoms with E-state index in [1.807, 2.05) is 55.3 Å². The Morgan fingerprint density at radius 3 is 2.53 bits per heavy atom. The number of carbonyl (C=O) groups is 2. The standard InChI is InChI=1S/C24H26N4O2S2/c1-14(2)18-7-5-6-8-19(18)26-22(29)20-13-31-23(27-20)17-9-11-28(12-10-17)24(30)21-15(3)25-16(4)32-21/h5-8,13,17H,1,9-12H2,2-4H3,(H,26,29). The number of hydrogen-bond donors (Lipinski definition) is 1. The second-order valence-corrected chi connectivity index (χ2v) is 10.2. The fraction of sp³-hybridized carbons (Fsp3) is 0.333. The Morgan fingerprint density at radius 1 is 1.16 bits per heavy atom. The third-order valence-electron chi connectivity index (χ3n) is 5.62. The van der Waals surface area contributed by atoms with Crippen LogP contribution in [0.2, 0.25) is 0 Å². The highest BCUT2D eigenvalue weighted by Crippen LogP contribution is 2.32. The van der Waals surface area contributed by atoms with Gasteiger partial charge in [-0.25, -0.2) is 9.97 Å². The first-order chi connectivity index (χ1) is 15.3. The monoisotopic (exact) mass is 466 g/mol. The second-order valence-electron chi connectivity index (χ2n) is 8.06. The van der Waals surface area contributed by atoms with Crippen LogP contribution in [0, 0.1) is 13.8 Å². The Hall–Kier alpha value is -2.84. The number of aromatic nitrogens is 2. The predicted molar refractivity (Wildman–Crippen MR) is 131 cm³/mol. The van der Waals surface area contributed by atoms with Crippen molar-refractivity contribution in [1.29, 1.82) is 0 Å². The van der Waals surface area contributed by atoms with Gasteiger partial charge in [0.2, 0.25) is 0 Å². The highest BCUT2D eigenvalue weighted by Gasteiger charge is 2.28. The van der Waals surface area contributed by atoms with Gasteiger partial charge in [0.15, 0.2) is 0 Å². The number of nitrogens with zero attached hydrogens (tertiary/aromatic N) is 3. The Morgan fingerprint density at radius 2 is 1.88 bits per heavy atom. The average molecular weight is 467 g/mol. The molecule has 32 heavy (non-hydrogen) atoms. The smallest absolute Gasteiger partial charge is 0.275 e. The molecule has 0 saturated carbocycles. The summed E-state index contributed by atoms with van der Waals surface area (Å²) in [5.41, 5.74) is 3.78. The fourth-order valence-electron chi connectivity index (χ4n) is 3.93. The van der Waals surface area contributed by atoms with E-state index in [4.69, 9.17) is 0 Å². The molecule has 1 N–H and O–H groups in total. The maximum absolute atomic E-state index is 12.8. The highest BCUT2D eigenvalue weighted by atomic mass is 32.1. The summed E-state index contributed by atoms with van der Waals surface area (Å²) in [7, 11) is 0. The van der Waals surface area contributed by atoms with Gasteiger partial charge in [-0.3, -0.25) is 9.59 Å². The average Bonchev–Trinajstić information content (AvgIpc) is 3.40. The first-order valence-corrected chi connectivity index (χ1v) is 12.3. The molecular weight excluding hydrogens is 440 g/mol. The van der Waals surface area contributed by atoms with Crippen molar-refractivity contribution in [2.45, 2.75) is 39.5 Å². The van der Waals surface area contributed by atoms with Gasteiger partial charge in [-0.15, -0.1) is 22.7 Å². The van der Waals surface area contributed by atoms with E-state index >= 15 is 0 Å². The van der Waals surface area contributed by atoms with Crippen LogP contribution < -0.4 is 5.32 Å². The molecule has 0 atom stereocenters. The lowest BCUT2D eigenvalue weighted by atomic mass is 9.97. The number of rotatable bonds is 5. The van der Waals surface area contributed by atoms with Crippen molar-refractivity contribution in [3.05, 3.63) is 68.1 Å². The van der Waals surface area contributed by atoms with Crippen molar-refractivity contribution in [1.82, 2.24) is 14.9 Å². The van der Waals surface area contributed by atoms with Gasteiger partial charge in [-0.2, -0.15) is 0 Å². The first-order valence-electron chi connectivity index (χ1n) is 10.6. The van der Waals surface area contributed by atoms with Gasteiger partial charge in [-0.1, -0.05) is 24.8 Å².